The fraction of sp³-hybridized carbons (Fsp3) is 0.500. The quantitative estimate of drug-likeness (QED) is 0.376. The maximum atomic E-state index is 5.75. The lowest BCUT2D eigenvalue weighted by Crippen LogP contribution is -2.41. The summed E-state index contributed by atoms with van der Waals surface area (Å²) in [5.74, 6) is 0. The topological polar surface area (TPSA) is 27.7 Å². The maximum absolute atomic E-state index is 5.75. The van der Waals surface area contributed by atoms with Crippen LogP contribution in [0.4, 0.5) is 0 Å². The van der Waals surface area contributed by atoms with Gasteiger partial charge < -0.3 is 13.9 Å². The van der Waals surface area contributed by atoms with E-state index >= 15 is 0 Å². The largest absolute Gasteiger partial charge is 0.412 e. The van der Waals surface area contributed by atoms with Crippen molar-refractivity contribution in [2.75, 3.05) is 19.8 Å². The smallest absolute Gasteiger partial charge is 0.304 e. The Bertz CT molecular complexity index is 400. The molecule has 0 unspecified atom stereocenters. The van der Waals surface area contributed by atoms with Crippen molar-refractivity contribution in [1.82, 2.24) is 0 Å². The molecule has 1 aromatic carbocycles. The molecule has 0 aliphatic carbocycles. The van der Waals surface area contributed by atoms with Crippen LogP contribution in [0.2, 0.25) is 0 Å². The Balaban J connectivity index is 2.41. The van der Waals surface area contributed by atoms with Gasteiger partial charge in [0.25, 0.3) is 0 Å². The summed E-state index contributed by atoms with van der Waals surface area (Å²) in [6.07, 6.45) is 2.74. The first-order chi connectivity index (χ1) is 9.65. The van der Waals surface area contributed by atoms with Crippen LogP contribution in [-0.2, 0) is 20.3 Å². The molecular weight excluding hydrogens is 268 g/mol. The molecule has 0 bridgehead atoms. The van der Waals surface area contributed by atoms with Crippen molar-refractivity contribution in [3.8, 4) is 0 Å². The van der Waals surface area contributed by atoms with Crippen molar-refractivity contribution in [1.29, 1.82) is 0 Å². The summed E-state index contributed by atoms with van der Waals surface area (Å²) < 4.78 is 17.0. The highest BCUT2D eigenvalue weighted by Gasteiger charge is 2.27. The van der Waals surface area contributed by atoms with E-state index < -0.39 is 5.41 Å². The second-order valence-corrected chi connectivity index (χ2v) is 5.82. The highest BCUT2D eigenvalue weighted by atomic mass is 28.2. The molecule has 0 heterocycles. The van der Waals surface area contributed by atoms with E-state index in [2.05, 4.69) is 18.7 Å². The van der Waals surface area contributed by atoms with Gasteiger partial charge in [-0.2, -0.15) is 0 Å². The Morgan fingerprint density at radius 3 is 2.45 bits per heavy atom. The average molecular weight is 292 g/mol. The predicted molar refractivity (Wildman–Crippen MR) is 83.6 cm³/mol. The number of rotatable bonds is 10. The molecule has 1 aromatic rings. The second-order valence-electron chi connectivity index (χ2n) is 4.42. The van der Waals surface area contributed by atoms with Gasteiger partial charge in [0.05, 0.1) is 0 Å². The summed E-state index contributed by atoms with van der Waals surface area (Å²) in [5, 5.41) is 0. The van der Waals surface area contributed by atoms with Crippen LogP contribution in [0.3, 0.4) is 0 Å². The van der Waals surface area contributed by atoms with Crippen molar-refractivity contribution >= 4 is 15.8 Å². The van der Waals surface area contributed by atoms with Gasteiger partial charge in [0.2, 0.25) is 0 Å². The zero-order valence-electron chi connectivity index (χ0n) is 12.6. The molecule has 3 nitrogen and oxygen atoms in total. The van der Waals surface area contributed by atoms with E-state index in [-0.39, 0.29) is 9.76 Å². The molecule has 4 heteroatoms. The third-order valence-electron chi connectivity index (χ3n) is 2.85. The van der Waals surface area contributed by atoms with Gasteiger partial charge in [0, 0.05) is 19.8 Å². The van der Waals surface area contributed by atoms with Crippen LogP contribution in [-0.4, -0.2) is 35.0 Å². The number of ether oxygens (including phenoxy) is 2. The van der Waals surface area contributed by atoms with Crippen LogP contribution < -0.4 is 0 Å². The normalized spacial score (nSPS) is 11.6. The minimum absolute atomic E-state index is 0.169. The van der Waals surface area contributed by atoms with Crippen molar-refractivity contribution in [2.45, 2.75) is 32.6 Å². The lowest BCUT2D eigenvalue weighted by molar-refractivity contribution is -0.169. The average Bonchev–Trinajstić information content (AvgIpc) is 2.44. The van der Waals surface area contributed by atoms with Gasteiger partial charge >= 0.3 is 9.76 Å². The molecular formula is C16H24O3Si. The van der Waals surface area contributed by atoms with Gasteiger partial charge in [-0.3, -0.25) is 0 Å². The summed E-state index contributed by atoms with van der Waals surface area (Å²) in [7, 11) is 0.169. The predicted octanol–water partition coefficient (Wildman–Crippen LogP) is 3.25. The van der Waals surface area contributed by atoms with Gasteiger partial charge in [0.15, 0.2) is 5.41 Å². The molecule has 0 aliphatic rings. The number of hydrogen-bond acceptors (Lipinski definition) is 3. The van der Waals surface area contributed by atoms with Crippen LogP contribution in [0.15, 0.2) is 30.8 Å². The molecule has 0 saturated carbocycles. The van der Waals surface area contributed by atoms with E-state index in [4.69, 9.17) is 13.9 Å². The van der Waals surface area contributed by atoms with Crippen LogP contribution >= 0.6 is 0 Å². The molecule has 0 aliphatic heterocycles. The summed E-state index contributed by atoms with van der Waals surface area (Å²) >= 11 is 0. The molecule has 1 rings (SSSR count). The first-order valence-corrected chi connectivity index (χ1v) is 7.93. The maximum Gasteiger partial charge on any atom is 0.304 e. The molecule has 0 N–H and O–H groups in total. The Morgan fingerprint density at radius 2 is 1.85 bits per heavy atom. The van der Waals surface area contributed by atoms with Gasteiger partial charge in [-0.1, -0.05) is 36.9 Å². The molecule has 0 spiro atoms. The van der Waals surface area contributed by atoms with Crippen molar-refractivity contribution < 1.29 is 13.9 Å². The van der Waals surface area contributed by atoms with Crippen molar-refractivity contribution in [3.63, 3.8) is 0 Å². The fourth-order valence-electron chi connectivity index (χ4n) is 1.96. The fourth-order valence-corrected chi connectivity index (χ4v) is 2.83. The first kappa shape index (κ1) is 17.1. The molecule has 0 amide bonds. The van der Waals surface area contributed by atoms with Gasteiger partial charge in [-0.05, 0) is 38.3 Å². The SMILES string of the molecule is C=Cc1ccccc1CCO[Si]C(C)(OCC)OCC. The monoisotopic (exact) mass is 292 g/mol. The lowest BCUT2D eigenvalue weighted by atomic mass is 10.1. The molecule has 0 saturated heterocycles. The molecule has 2 radical (unpaired) electrons. The molecule has 0 aromatic heterocycles. The van der Waals surface area contributed by atoms with E-state index in [1.807, 2.05) is 39.0 Å². The van der Waals surface area contributed by atoms with Crippen LogP contribution in [0.25, 0.3) is 6.08 Å². The summed E-state index contributed by atoms with van der Waals surface area (Å²) in [6.45, 7) is 11.6. The summed E-state index contributed by atoms with van der Waals surface area (Å²) in [4.78, 5) is 0. The van der Waals surface area contributed by atoms with E-state index in [9.17, 15) is 0 Å². The number of benzene rings is 1. The Kier molecular flexibility index (Phi) is 7.77. The number of hydrogen-bond donors (Lipinski definition) is 0. The zero-order valence-corrected chi connectivity index (χ0v) is 13.6. The molecule has 20 heavy (non-hydrogen) atoms. The highest BCUT2D eigenvalue weighted by Crippen LogP contribution is 2.13. The lowest BCUT2D eigenvalue weighted by Gasteiger charge is -2.27. The Morgan fingerprint density at radius 1 is 1.20 bits per heavy atom. The van der Waals surface area contributed by atoms with E-state index in [1.54, 1.807) is 0 Å². The van der Waals surface area contributed by atoms with Gasteiger partial charge in [-0.15, -0.1) is 0 Å². The molecule has 0 fully saturated rings. The molecule has 0 atom stereocenters. The van der Waals surface area contributed by atoms with Crippen molar-refractivity contribution in [2.24, 2.45) is 0 Å². The van der Waals surface area contributed by atoms with Crippen molar-refractivity contribution in [3.05, 3.63) is 42.0 Å². The highest BCUT2D eigenvalue weighted by molar-refractivity contribution is 6.30. The third kappa shape index (κ3) is 5.59. The van der Waals surface area contributed by atoms with Gasteiger partial charge in [-0.25, -0.2) is 0 Å². The van der Waals surface area contributed by atoms with Crippen LogP contribution in [0.1, 0.15) is 31.9 Å². The van der Waals surface area contributed by atoms with Crippen LogP contribution in [0.5, 0.6) is 0 Å². The standard InChI is InChI=1S/C16H24O3Si/c1-5-14-10-8-9-11-15(14)12-13-19-20-16(4,17-6-2)18-7-3/h5,8-11H,1,6-7,12-13H2,2-4H3. The zero-order chi connectivity index (χ0) is 14.8. The summed E-state index contributed by atoms with van der Waals surface area (Å²) in [6, 6.07) is 8.22. The van der Waals surface area contributed by atoms with E-state index in [0.29, 0.717) is 19.8 Å². The molecule has 110 valence electrons. The van der Waals surface area contributed by atoms with Gasteiger partial charge in [0.1, 0.15) is 0 Å². The summed E-state index contributed by atoms with van der Waals surface area (Å²) in [5.41, 5.74) is 1.79. The van der Waals surface area contributed by atoms with Crippen LogP contribution in [0, 0.1) is 0 Å². The third-order valence-corrected chi connectivity index (χ3v) is 3.85. The Hall–Kier alpha value is -0.943. The first-order valence-electron chi connectivity index (χ1n) is 7.02. The Labute approximate surface area is 124 Å². The van der Waals surface area contributed by atoms with E-state index in [0.717, 1.165) is 12.0 Å². The second kappa shape index (κ2) is 9.08. The van der Waals surface area contributed by atoms with E-state index in [1.165, 1.54) is 5.56 Å². The minimum atomic E-state index is -0.624. The minimum Gasteiger partial charge on any atom is -0.412 e.